The van der Waals surface area contributed by atoms with Crippen LogP contribution in [0.15, 0.2) is 0 Å². The molecule has 0 radical (unpaired) electrons. The van der Waals surface area contributed by atoms with Gasteiger partial charge < -0.3 is 11.5 Å². The van der Waals surface area contributed by atoms with Crippen molar-refractivity contribution >= 4 is 19.1 Å². The minimum absolute atomic E-state index is 0.106. The molecule has 0 spiro atoms. The summed E-state index contributed by atoms with van der Waals surface area (Å²) in [5.74, 6) is 0. The Morgan fingerprint density at radius 3 is 1.45 bits per heavy atom. The van der Waals surface area contributed by atoms with E-state index in [2.05, 4.69) is 0 Å². The minimum atomic E-state index is -0.106. The van der Waals surface area contributed by atoms with Gasteiger partial charge in [-0.1, -0.05) is 12.8 Å². The van der Waals surface area contributed by atoms with Crippen LogP contribution in [0, 0.1) is 0 Å². The first kappa shape index (κ1) is 12.2. The Morgan fingerprint density at radius 1 is 1.00 bits per heavy atom. The molecule has 0 aliphatic heterocycles. The molecule has 2 nitrogen and oxygen atoms in total. The van der Waals surface area contributed by atoms with E-state index in [1.807, 2.05) is 0 Å². The normalized spacial score (nSPS) is 30.9. The van der Waals surface area contributed by atoms with Gasteiger partial charge in [-0.15, -0.1) is 0 Å². The van der Waals surface area contributed by atoms with Gasteiger partial charge in [0.2, 0.25) is 0 Å². The second-order valence-corrected chi connectivity index (χ2v) is 5.02. The molecule has 0 amide bonds. The van der Waals surface area contributed by atoms with Crippen LogP contribution in [-0.2, 0) is 15.9 Å². The van der Waals surface area contributed by atoms with Gasteiger partial charge in [0.25, 0.3) is 0 Å². The van der Waals surface area contributed by atoms with Gasteiger partial charge in [0.05, 0.1) is 0 Å². The fourth-order valence-electron chi connectivity index (χ4n) is 1.19. The van der Waals surface area contributed by atoms with Gasteiger partial charge in [-0.2, -0.15) is 0 Å². The van der Waals surface area contributed by atoms with E-state index in [9.17, 15) is 0 Å². The average Bonchev–Trinajstić information content (AvgIpc) is 1.97. The van der Waals surface area contributed by atoms with Crippen LogP contribution in [-0.4, -0.2) is 12.1 Å². The van der Waals surface area contributed by atoms with E-state index in [1.165, 1.54) is 12.8 Å². The predicted molar refractivity (Wildman–Crippen MR) is 46.1 cm³/mol. The summed E-state index contributed by atoms with van der Waals surface area (Å²) < 4.78 is 0. The van der Waals surface area contributed by atoms with Gasteiger partial charge in [-0.05, 0) is 12.8 Å². The second-order valence-electron chi connectivity index (χ2n) is 2.66. The Labute approximate surface area is 84.1 Å². The third-order valence-corrected chi connectivity index (χ3v) is 1.87. The van der Waals surface area contributed by atoms with E-state index in [0.29, 0.717) is 0 Å². The number of halogens is 2. The Kier molecular flexibility index (Phi) is 8.62. The zero-order valence-electron chi connectivity index (χ0n) is 6.21. The molecule has 5 heteroatoms. The number of rotatable bonds is 0. The Balaban J connectivity index is 0.000000292. The van der Waals surface area contributed by atoms with Crippen LogP contribution >= 0.6 is 19.1 Å². The monoisotopic (exact) mass is 290 g/mol. The summed E-state index contributed by atoms with van der Waals surface area (Å²) in [4.78, 5) is 0. The first-order valence-corrected chi connectivity index (χ1v) is 7.56. The van der Waals surface area contributed by atoms with Crippen molar-refractivity contribution in [2.75, 3.05) is 0 Å². The fraction of sp³-hybridized carbons (Fsp3) is 1.00. The summed E-state index contributed by atoms with van der Waals surface area (Å²) in [6.07, 6.45) is 4.80. The second kappa shape index (κ2) is 7.79. The van der Waals surface area contributed by atoms with Gasteiger partial charge in [-0.3, -0.25) is 0 Å². The van der Waals surface area contributed by atoms with Gasteiger partial charge in [-0.25, -0.2) is 0 Å². The van der Waals surface area contributed by atoms with Crippen LogP contribution in [0.1, 0.15) is 25.7 Å². The maximum atomic E-state index is 5.65. The molecule has 1 saturated carbocycles. The van der Waals surface area contributed by atoms with Crippen molar-refractivity contribution in [3.63, 3.8) is 0 Å². The molecule has 0 aromatic rings. The summed E-state index contributed by atoms with van der Waals surface area (Å²) in [5, 5.41) is 0. The molecular weight excluding hydrogens is 277 g/mol. The van der Waals surface area contributed by atoms with Crippen LogP contribution in [0.5, 0.6) is 0 Å². The van der Waals surface area contributed by atoms with Crippen molar-refractivity contribution in [3.8, 4) is 0 Å². The SMILES string of the molecule is N[C@@H]1CCCC[C@@H]1N.[Cl][Pd][Cl]. The molecule has 0 heterocycles. The molecule has 0 bridgehead atoms. The maximum absolute atomic E-state index is 5.65. The van der Waals surface area contributed by atoms with Crippen LogP contribution in [0.4, 0.5) is 0 Å². The van der Waals surface area contributed by atoms with Crippen LogP contribution in [0.3, 0.4) is 0 Å². The first-order chi connectivity index (χ1) is 5.22. The molecule has 1 aliphatic carbocycles. The van der Waals surface area contributed by atoms with Gasteiger partial charge in [0.1, 0.15) is 0 Å². The molecule has 1 rings (SSSR count). The molecule has 0 unspecified atom stereocenters. The van der Waals surface area contributed by atoms with E-state index in [-0.39, 0.29) is 28.0 Å². The molecule has 0 aromatic heterocycles. The van der Waals surface area contributed by atoms with Crippen molar-refractivity contribution in [1.29, 1.82) is 0 Å². The number of hydrogen-bond acceptors (Lipinski definition) is 2. The van der Waals surface area contributed by atoms with E-state index in [4.69, 9.17) is 30.5 Å². The summed E-state index contributed by atoms with van der Waals surface area (Å²) in [6, 6.07) is 0.562. The molecular formula is C6H14Cl2N2Pd. The van der Waals surface area contributed by atoms with Crippen LogP contribution in [0.2, 0.25) is 0 Å². The summed E-state index contributed by atoms with van der Waals surface area (Å²) in [7, 11) is 9.63. The number of hydrogen-bond donors (Lipinski definition) is 2. The Morgan fingerprint density at radius 2 is 1.27 bits per heavy atom. The standard InChI is InChI=1S/C6H14N2.2ClH.Pd/c7-5-3-1-2-4-6(5)8;;;/h5-6H,1-4,7-8H2;2*1H;/q;;;+2/p-2/t5-,6+;;;. The van der Waals surface area contributed by atoms with Crippen molar-refractivity contribution in [2.24, 2.45) is 11.5 Å². The molecule has 0 saturated heterocycles. The Hall–Kier alpha value is 1.16. The fourth-order valence-corrected chi connectivity index (χ4v) is 1.19. The third kappa shape index (κ3) is 6.33. The average molecular weight is 292 g/mol. The van der Waals surface area contributed by atoms with Gasteiger partial charge in [0, 0.05) is 12.1 Å². The Bertz CT molecular complexity index is 84.7. The van der Waals surface area contributed by atoms with E-state index in [1.54, 1.807) is 0 Å². The zero-order valence-corrected chi connectivity index (χ0v) is 9.28. The van der Waals surface area contributed by atoms with Crippen molar-refractivity contribution in [1.82, 2.24) is 0 Å². The molecule has 1 aliphatic rings. The predicted octanol–water partition coefficient (Wildman–Crippen LogP) is 1.59. The van der Waals surface area contributed by atoms with E-state index < -0.39 is 0 Å². The summed E-state index contributed by atoms with van der Waals surface area (Å²) >= 11 is -0.106. The molecule has 0 aromatic carbocycles. The quantitative estimate of drug-likeness (QED) is 0.666. The van der Waals surface area contributed by atoms with Crippen molar-refractivity contribution < 1.29 is 15.9 Å². The zero-order chi connectivity index (χ0) is 8.69. The molecule has 11 heavy (non-hydrogen) atoms. The molecule has 2 atom stereocenters. The summed E-state index contributed by atoms with van der Waals surface area (Å²) in [5.41, 5.74) is 11.3. The first-order valence-electron chi connectivity index (χ1n) is 3.56. The molecule has 72 valence electrons. The van der Waals surface area contributed by atoms with Crippen molar-refractivity contribution in [3.05, 3.63) is 0 Å². The van der Waals surface area contributed by atoms with E-state index in [0.717, 1.165) is 12.8 Å². The van der Waals surface area contributed by atoms with Gasteiger partial charge in [0.15, 0.2) is 0 Å². The molecule has 4 N–H and O–H groups in total. The topological polar surface area (TPSA) is 52.0 Å². The van der Waals surface area contributed by atoms with Gasteiger partial charge >= 0.3 is 35.0 Å². The van der Waals surface area contributed by atoms with E-state index >= 15 is 0 Å². The third-order valence-electron chi connectivity index (χ3n) is 1.87. The van der Waals surface area contributed by atoms with Crippen LogP contribution in [0.25, 0.3) is 0 Å². The summed E-state index contributed by atoms with van der Waals surface area (Å²) in [6.45, 7) is 0. The molecule has 1 fully saturated rings. The van der Waals surface area contributed by atoms with Crippen molar-refractivity contribution in [2.45, 2.75) is 37.8 Å². The number of nitrogens with two attached hydrogens (primary N) is 2. The van der Waals surface area contributed by atoms with Crippen LogP contribution < -0.4 is 11.5 Å².